The van der Waals surface area contributed by atoms with Gasteiger partial charge in [-0.1, -0.05) is 22.0 Å². The molecule has 0 aliphatic rings. The van der Waals surface area contributed by atoms with Crippen LogP contribution in [0.1, 0.15) is 5.56 Å². The van der Waals surface area contributed by atoms with Crippen molar-refractivity contribution in [2.75, 3.05) is 6.26 Å². The van der Waals surface area contributed by atoms with Crippen molar-refractivity contribution in [2.24, 2.45) is 0 Å². The highest BCUT2D eigenvalue weighted by atomic mass is 32.2. The molecular weight excluding hydrogens is 333 g/mol. The molecule has 6 nitrogen and oxygen atoms in total. The van der Waals surface area contributed by atoms with E-state index >= 15 is 0 Å². The van der Waals surface area contributed by atoms with E-state index in [4.69, 9.17) is 4.42 Å². The molecule has 0 unspecified atom stereocenters. The van der Waals surface area contributed by atoms with Crippen molar-refractivity contribution < 1.29 is 30.2 Å². The van der Waals surface area contributed by atoms with Gasteiger partial charge in [0, 0.05) is 0 Å². The molecule has 2 rings (SSSR count). The van der Waals surface area contributed by atoms with Gasteiger partial charge in [0.1, 0.15) is 4.90 Å². The van der Waals surface area contributed by atoms with Crippen LogP contribution in [0, 0.1) is 0 Å². The Bertz CT molecular complexity index is 726. The number of hydrogen-bond donors (Lipinski definition) is 0. The molecule has 0 N–H and O–H groups in total. The van der Waals surface area contributed by atoms with Crippen molar-refractivity contribution in [1.82, 2.24) is 10.2 Å². The summed E-state index contributed by atoms with van der Waals surface area (Å²) < 4.78 is 70.2. The first-order chi connectivity index (χ1) is 9.72. The number of hydrogen-bond acceptors (Lipinski definition) is 7. The van der Waals surface area contributed by atoms with E-state index in [2.05, 4.69) is 14.4 Å². The summed E-state index contributed by atoms with van der Waals surface area (Å²) in [4.78, 5) is -0.459. The first-order valence-electron chi connectivity index (χ1n) is 5.21. The van der Waals surface area contributed by atoms with Gasteiger partial charge in [0.2, 0.25) is 0 Å². The van der Waals surface area contributed by atoms with Crippen molar-refractivity contribution in [1.29, 1.82) is 0 Å². The molecule has 0 atom stereocenters. The van der Waals surface area contributed by atoms with Crippen LogP contribution in [0.25, 0.3) is 0 Å². The minimum Gasteiger partial charge on any atom is -0.382 e. The molecule has 2 aromatic rings. The lowest BCUT2D eigenvalue weighted by atomic mass is 10.2. The van der Waals surface area contributed by atoms with Crippen LogP contribution in [-0.2, 0) is 16.3 Å². The monoisotopic (exact) mass is 340 g/mol. The summed E-state index contributed by atoms with van der Waals surface area (Å²) in [6, 6.07) is 2.84. The molecule has 1 heterocycles. The van der Waals surface area contributed by atoms with Crippen LogP contribution in [-0.4, -0.2) is 24.9 Å². The maximum Gasteiger partial charge on any atom is 0.431 e. The molecule has 0 saturated heterocycles. The first-order valence-corrected chi connectivity index (χ1v) is 7.85. The Morgan fingerprint density at radius 1 is 1.19 bits per heavy atom. The average molecular weight is 340 g/mol. The molecule has 0 spiro atoms. The second-order valence-electron chi connectivity index (χ2n) is 3.60. The zero-order valence-corrected chi connectivity index (χ0v) is 11.9. The predicted molar refractivity (Wildman–Crippen MR) is 65.3 cm³/mol. The van der Waals surface area contributed by atoms with E-state index in [0.717, 1.165) is 23.9 Å². The van der Waals surface area contributed by atoms with Gasteiger partial charge in [-0.3, -0.25) is 0 Å². The lowest BCUT2D eigenvalue weighted by Crippen LogP contribution is -2.11. The second kappa shape index (κ2) is 5.56. The zero-order chi connectivity index (χ0) is 15.7. The van der Waals surface area contributed by atoms with E-state index in [0.29, 0.717) is 12.1 Å². The summed E-state index contributed by atoms with van der Waals surface area (Å²) in [5.41, 5.74) is -0.969. The number of rotatable bonds is 4. The van der Waals surface area contributed by atoms with Gasteiger partial charge in [-0.15, -0.1) is 0 Å². The number of halogens is 3. The van der Waals surface area contributed by atoms with Crippen LogP contribution >= 0.6 is 11.8 Å². The molecule has 0 fully saturated rings. The summed E-state index contributed by atoms with van der Waals surface area (Å²) in [5, 5.41) is 6.89. The Labute approximate surface area is 121 Å². The van der Waals surface area contributed by atoms with Gasteiger partial charge in [0.15, 0.2) is 0 Å². The van der Waals surface area contributed by atoms with Gasteiger partial charge in [0.05, 0.1) is 5.56 Å². The third-order valence-electron chi connectivity index (χ3n) is 2.21. The Morgan fingerprint density at radius 3 is 2.29 bits per heavy atom. The van der Waals surface area contributed by atoms with Crippen LogP contribution in [0.4, 0.5) is 13.2 Å². The number of aromatic nitrogens is 2. The van der Waals surface area contributed by atoms with Crippen molar-refractivity contribution in [3.8, 4) is 6.08 Å². The molecule has 0 aliphatic carbocycles. The number of nitrogens with zero attached hydrogens (tertiary/aromatic N) is 2. The lowest BCUT2D eigenvalue weighted by molar-refractivity contribution is -0.137. The summed E-state index contributed by atoms with van der Waals surface area (Å²) in [5.74, 6) is 0. The zero-order valence-electron chi connectivity index (χ0n) is 10.3. The number of thioether (sulfide) groups is 1. The summed E-state index contributed by atoms with van der Waals surface area (Å²) >= 11 is 1.08. The normalized spacial score (nSPS) is 12.4. The van der Waals surface area contributed by atoms with E-state index in [-0.39, 0.29) is 5.22 Å². The van der Waals surface area contributed by atoms with Crippen LogP contribution in [0.2, 0.25) is 0 Å². The van der Waals surface area contributed by atoms with Crippen molar-refractivity contribution in [2.45, 2.75) is 16.3 Å². The Kier molecular flexibility index (Phi) is 4.14. The molecule has 11 heteroatoms. The second-order valence-corrected chi connectivity index (χ2v) is 5.90. The van der Waals surface area contributed by atoms with Crippen LogP contribution < -0.4 is 4.18 Å². The smallest absolute Gasteiger partial charge is 0.382 e. The van der Waals surface area contributed by atoms with E-state index < -0.39 is 32.8 Å². The van der Waals surface area contributed by atoms with Crippen molar-refractivity contribution in [3.05, 3.63) is 29.8 Å². The van der Waals surface area contributed by atoms with Gasteiger partial charge >= 0.3 is 22.4 Å². The average Bonchev–Trinajstić information content (AvgIpc) is 2.85. The summed E-state index contributed by atoms with van der Waals surface area (Å²) in [6.07, 6.45) is -3.54. The minimum absolute atomic E-state index is 0.0904. The van der Waals surface area contributed by atoms with Gasteiger partial charge in [-0.2, -0.15) is 21.6 Å². The quantitative estimate of drug-likeness (QED) is 0.625. The predicted octanol–water partition coefficient (Wildman–Crippen LogP) is 2.58. The topological polar surface area (TPSA) is 82.3 Å². The fraction of sp³-hybridized carbons (Fsp3) is 0.200. The third-order valence-corrected chi connectivity index (χ3v) is 3.94. The SMILES string of the molecule is CSc1nnc(OS(=O)(=O)c2ccc(C(F)(F)F)cc2)o1. The van der Waals surface area contributed by atoms with Gasteiger partial charge in [0.25, 0.3) is 5.22 Å². The van der Waals surface area contributed by atoms with Crippen LogP contribution in [0.15, 0.2) is 38.8 Å². The number of alkyl halides is 3. The first kappa shape index (κ1) is 15.6. The van der Waals surface area contributed by atoms with Crippen LogP contribution in [0.3, 0.4) is 0 Å². The molecule has 0 amide bonds. The lowest BCUT2D eigenvalue weighted by Gasteiger charge is -2.07. The highest BCUT2D eigenvalue weighted by Crippen LogP contribution is 2.30. The largest absolute Gasteiger partial charge is 0.431 e. The Balaban J connectivity index is 2.23. The molecule has 114 valence electrons. The summed E-state index contributed by atoms with van der Waals surface area (Å²) in [7, 11) is -4.34. The highest BCUT2D eigenvalue weighted by molar-refractivity contribution is 7.98. The van der Waals surface area contributed by atoms with E-state index in [1.165, 1.54) is 0 Å². The fourth-order valence-corrected chi connectivity index (χ4v) is 2.36. The molecular formula is C10H7F3N2O4S2. The third kappa shape index (κ3) is 3.67. The summed E-state index contributed by atoms with van der Waals surface area (Å²) in [6.45, 7) is 0. The van der Waals surface area contributed by atoms with Gasteiger partial charge < -0.3 is 8.60 Å². The van der Waals surface area contributed by atoms with E-state index in [9.17, 15) is 21.6 Å². The molecule has 0 radical (unpaired) electrons. The maximum atomic E-state index is 12.4. The van der Waals surface area contributed by atoms with Crippen molar-refractivity contribution >= 4 is 21.9 Å². The fourth-order valence-electron chi connectivity index (χ4n) is 1.27. The molecule has 0 bridgehead atoms. The maximum absolute atomic E-state index is 12.4. The molecule has 1 aromatic carbocycles. The van der Waals surface area contributed by atoms with Crippen LogP contribution in [0.5, 0.6) is 6.08 Å². The van der Waals surface area contributed by atoms with E-state index in [1.54, 1.807) is 6.26 Å². The van der Waals surface area contributed by atoms with Gasteiger partial charge in [-0.05, 0) is 30.5 Å². The molecule has 1 aromatic heterocycles. The Hall–Kier alpha value is -1.75. The Morgan fingerprint density at radius 2 is 1.81 bits per heavy atom. The molecule has 0 saturated carbocycles. The number of benzene rings is 1. The molecule has 21 heavy (non-hydrogen) atoms. The highest BCUT2D eigenvalue weighted by Gasteiger charge is 2.31. The van der Waals surface area contributed by atoms with Gasteiger partial charge in [-0.25, -0.2) is 0 Å². The minimum atomic E-state index is -4.55. The van der Waals surface area contributed by atoms with Crippen molar-refractivity contribution in [3.63, 3.8) is 0 Å². The van der Waals surface area contributed by atoms with E-state index in [1.807, 2.05) is 0 Å². The standard InChI is InChI=1S/C10H7F3N2O4S2/c1-20-9-15-14-8(18-9)19-21(16,17)7-4-2-6(3-5-7)10(11,12)13/h2-5H,1H3. The molecule has 0 aliphatic heterocycles.